The highest BCUT2D eigenvalue weighted by Gasteiger charge is 2.13. The molecule has 6 nitrogen and oxygen atoms in total. The highest BCUT2D eigenvalue weighted by Crippen LogP contribution is 2.14. The molecule has 0 saturated carbocycles. The van der Waals surface area contributed by atoms with E-state index in [1.807, 2.05) is 0 Å². The van der Waals surface area contributed by atoms with Crippen LogP contribution in [0.2, 0.25) is 0 Å². The van der Waals surface area contributed by atoms with Crippen molar-refractivity contribution in [1.29, 1.82) is 0 Å². The van der Waals surface area contributed by atoms with Crippen LogP contribution in [-0.4, -0.2) is 43.3 Å². The van der Waals surface area contributed by atoms with E-state index < -0.39 is 0 Å². The molecule has 1 aliphatic rings. The van der Waals surface area contributed by atoms with Crippen LogP contribution in [0.15, 0.2) is 10.9 Å². The lowest BCUT2D eigenvalue weighted by Crippen LogP contribution is -2.33. The summed E-state index contributed by atoms with van der Waals surface area (Å²) in [4.78, 5) is 21.2. The van der Waals surface area contributed by atoms with Crippen molar-refractivity contribution in [3.63, 3.8) is 0 Å². The quantitative estimate of drug-likeness (QED) is 0.734. The molecule has 106 valence electrons. The summed E-state index contributed by atoms with van der Waals surface area (Å²) < 4.78 is 4.96. The van der Waals surface area contributed by atoms with Crippen LogP contribution >= 0.6 is 0 Å². The Morgan fingerprint density at radius 2 is 2.21 bits per heavy atom. The molecule has 1 aliphatic heterocycles. The van der Waals surface area contributed by atoms with Gasteiger partial charge in [0.1, 0.15) is 0 Å². The van der Waals surface area contributed by atoms with Crippen LogP contribution < -0.4 is 15.8 Å². The van der Waals surface area contributed by atoms with Crippen LogP contribution in [0.4, 0.5) is 5.95 Å². The number of hydrogen-bond donors (Lipinski definition) is 2. The molecular formula is C13H22N4O2. The Labute approximate surface area is 113 Å². The smallest absolute Gasteiger partial charge is 0.252 e. The van der Waals surface area contributed by atoms with E-state index in [2.05, 4.69) is 20.2 Å². The van der Waals surface area contributed by atoms with Crippen LogP contribution in [0.1, 0.15) is 25.0 Å². The molecule has 19 heavy (non-hydrogen) atoms. The largest absolute Gasteiger partial charge is 0.383 e. The maximum absolute atomic E-state index is 11.7. The van der Waals surface area contributed by atoms with Gasteiger partial charge in [0.25, 0.3) is 5.56 Å². The molecule has 1 saturated heterocycles. The zero-order valence-corrected chi connectivity index (χ0v) is 11.4. The summed E-state index contributed by atoms with van der Waals surface area (Å²) in [6.45, 7) is 3.95. The first-order chi connectivity index (χ1) is 9.29. The first-order valence-corrected chi connectivity index (χ1v) is 6.84. The molecule has 0 aromatic carbocycles. The summed E-state index contributed by atoms with van der Waals surface area (Å²) in [6.07, 6.45) is 3.60. The number of hydrogen-bond acceptors (Lipinski definition) is 5. The van der Waals surface area contributed by atoms with Crippen LogP contribution in [-0.2, 0) is 11.3 Å². The maximum Gasteiger partial charge on any atom is 0.252 e. The second-order valence-corrected chi connectivity index (χ2v) is 4.78. The first-order valence-electron chi connectivity index (χ1n) is 6.84. The Balaban J connectivity index is 1.99. The fraction of sp³-hybridized carbons (Fsp3) is 0.692. The molecule has 0 radical (unpaired) electrons. The standard InChI is InChI=1S/C13H22N4O2/c1-19-8-5-14-10-11-9-12(18)16-13(15-11)17-6-3-2-4-7-17/h9,14H,2-8,10H2,1H3,(H,15,16,18). The average Bonchev–Trinajstić information content (AvgIpc) is 2.44. The van der Waals surface area contributed by atoms with Crippen molar-refractivity contribution in [3.8, 4) is 0 Å². The normalized spacial score (nSPS) is 15.7. The number of rotatable bonds is 6. The number of aromatic nitrogens is 2. The Morgan fingerprint density at radius 1 is 1.42 bits per heavy atom. The minimum absolute atomic E-state index is 0.0842. The van der Waals surface area contributed by atoms with E-state index in [0.29, 0.717) is 19.1 Å². The second kappa shape index (κ2) is 7.25. The van der Waals surface area contributed by atoms with Gasteiger partial charge < -0.3 is 15.0 Å². The third-order valence-electron chi connectivity index (χ3n) is 3.23. The minimum Gasteiger partial charge on any atom is -0.383 e. The number of nitrogens with zero attached hydrogens (tertiary/aromatic N) is 2. The number of nitrogens with one attached hydrogen (secondary N) is 2. The molecule has 2 heterocycles. The van der Waals surface area contributed by atoms with Crippen molar-refractivity contribution in [2.45, 2.75) is 25.8 Å². The summed E-state index contributed by atoms with van der Waals surface area (Å²) in [7, 11) is 1.67. The summed E-state index contributed by atoms with van der Waals surface area (Å²) in [5.41, 5.74) is 0.694. The predicted molar refractivity (Wildman–Crippen MR) is 74.5 cm³/mol. The van der Waals surface area contributed by atoms with E-state index in [-0.39, 0.29) is 5.56 Å². The van der Waals surface area contributed by atoms with E-state index in [4.69, 9.17) is 4.74 Å². The predicted octanol–water partition coefficient (Wildman–Crippen LogP) is 0.496. The zero-order valence-electron chi connectivity index (χ0n) is 11.4. The third kappa shape index (κ3) is 4.33. The Morgan fingerprint density at radius 3 is 2.95 bits per heavy atom. The molecule has 0 unspecified atom stereocenters. The SMILES string of the molecule is COCCNCc1cc(=O)[nH]c(N2CCCCC2)n1. The average molecular weight is 266 g/mol. The number of anilines is 1. The Bertz CT molecular complexity index is 441. The molecule has 1 fully saturated rings. The van der Waals surface area contributed by atoms with Crippen molar-refractivity contribution < 1.29 is 4.74 Å². The molecule has 0 spiro atoms. The molecule has 6 heteroatoms. The molecule has 0 aliphatic carbocycles. The highest BCUT2D eigenvalue weighted by molar-refractivity contribution is 5.30. The van der Waals surface area contributed by atoms with Gasteiger partial charge in [-0.1, -0.05) is 0 Å². The minimum atomic E-state index is -0.0842. The van der Waals surface area contributed by atoms with E-state index in [1.54, 1.807) is 13.2 Å². The summed E-state index contributed by atoms with van der Waals surface area (Å²) in [5, 5.41) is 3.20. The van der Waals surface area contributed by atoms with Gasteiger partial charge in [-0.25, -0.2) is 4.98 Å². The molecular weight excluding hydrogens is 244 g/mol. The lowest BCUT2D eigenvalue weighted by molar-refractivity contribution is 0.199. The van der Waals surface area contributed by atoms with E-state index in [9.17, 15) is 4.79 Å². The first kappa shape index (κ1) is 14.0. The maximum atomic E-state index is 11.7. The second-order valence-electron chi connectivity index (χ2n) is 4.78. The number of ether oxygens (including phenoxy) is 1. The number of aromatic amines is 1. The number of H-pyrrole nitrogens is 1. The molecule has 0 bridgehead atoms. The molecule has 1 aromatic rings. The highest BCUT2D eigenvalue weighted by atomic mass is 16.5. The van der Waals surface area contributed by atoms with Gasteiger partial charge in [0, 0.05) is 39.4 Å². The van der Waals surface area contributed by atoms with Crippen LogP contribution in [0.5, 0.6) is 0 Å². The van der Waals surface area contributed by atoms with Gasteiger partial charge in [0.05, 0.1) is 12.3 Å². The zero-order chi connectivity index (χ0) is 13.5. The van der Waals surface area contributed by atoms with E-state index in [0.717, 1.165) is 25.3 Å². The number of methoxy groups -OCH3 is 1. The third-order valence-corrected chi connectivity index (χ3v) is 3.23. The van der Waals surface area contributed by atoms with Gasteiger partial charge in [0.2, 0.25) is 5.95 Å². The van der Waals surface area contributed by atoms with Gasteiger partial charge in [0.15, 0.2) is 0 Å². The Kier molecular flexibility index (Phi) is 5.35. The van der Waals surface area contributed by atoms with Gasteiger partial charge >= 0.3 is 0 Å². The lowest BCUT2D eigenvalue weighted by Gasteiger charge is -2.27. The monoisotopic (exact) mass is 266 g/mol. The van der Waals surface area contributed by atoms with Crippen molar-refractivity contribution in [1.82, 2.24) is 15.3 Å². The fourth-order valence-electron chi connectivity index (χ4n) is 2.23. The van der Waals surface area contributed by atoms with E-state index >= 15 is 0 Å². The molecule has 0 atom stereocenters. The van der Waals surface area contributed by atoms with Crippen LogP contribution in [0.25, 0.3) is 0 Å². The lowest BCUT2D eigenvalue weighted by atomic mass is 10.1. The summed E-state index contributed by atoms with van der Waals surface area (Å²) in [5.74, 6) is 0.704. The molecule has 0 amide bonds. The Hall–Kier alpha value is -1.40. The fourth-order valence-corrected chi connectivity index (χ4v) is 2.23. The summed E-state index contributed by atoms with van der Waals surface area (Å²) in [6, 6.07) is 1.55. The molecule has 2 rings (SSSR count). The van der Waals surface area contributed by atoms with Crippen LogP contribution in [0, 0.1) is 0 Å². The van der Waals surface area contributed by atoms with E-state index in [1.165, 1.54) is 19.3 Å². The van der Waals surface area contributed by atoms with Crippen LogP contribution in [0.3, 0.4) is 0 Å². The van der Waals surface area contributed by atoms with Gasteiger partial charge in [-0.3, -0.25) is 9.78 Å². The van der Waals surface area contributed by atoms with Crippen molar-refractivity contribution in [2.24, 2.45) is 0 Å². The van der Waals surface area contributed by atoms with Crippen molar-refractivity contribution >= 4 is 5.95 Å². The van der Waals surface area contributed by atoms with Crippen molar-refractivity contribution in [3.05, 3.63) is 22.1 Å². The van der Waals surface area contributed by atoms with Crippen molar-refractivity contribution in [2.75, 3.05) is 38.3 Å². The number of piperidine rings is 1. The summed E-state index contributed by atoms with van der Waals surface area (Å²) >= 11 is 0. The molecule has 2 N–H and O–H groups in total. The molecule has 1 aromatic heterocycles. The van der Waals surface area contributed by atoms with Gasteiger partial charge in [-0.05, 0) is 19.3 Å². The van der Waals surface area contributed by atoms with Gasteiger partial charge in [-0.2, -0.15) is 0 Å². The van der Waals surface area contributed by atoms with Gasteiger partial charge in [-0.15, -0.1) is 0 Å². The topological polar surface area (TPSA) is 70.2 Å².